The highest BCUT2D eigenvalue weighted by molar-refractivity contribution is 5.66. The molecule has 0 bridgehead atoms. The van der Waals surface area contributed by atoms with Crippen molar-refractivity contribution < 1.29 is 9.90 Å². The van der Waals surface area contributed by atoms with Gasteiger partial charge in [0.2, 0.25) is 0 Å². The van der Waals surface area contributed by atoms with Crippen molar-refractivity contribution in [3.63, 3.8) is 0 Å². The maximum atomic E-state index is 10.4. The minimum absolute atomic E-state index is 0.342. The van der Waals surface area contributed by atoms with Crippen LogP contribution in [0.5, 0.6) is 0 Å². The predicted octanol–water partition coefficient (Wildman–Crippen LogP) is 16.9. The lowest BCUT2D eigenvalue weighted by Gasteiger charge is -2.03. The molecule has 0 aliphatic rings. The number of carboxylic acid groups (broad SMARTS) is 1. The van der Waals surface area contributed by atoms with Crippen molar-refractivity contribution in [1.82, 2.24) is 0 Å². The average Bonchev–Trinajstić information content (AvgIpc) is 3.07. The van der Waals surface area contributed by atoms with E-state index in [-0.39, 0.29) is 0 Å². The summed E-state index contributed by atoms with van der Waals surface area (Å²) < 4.78 is 0. The van der Waals surface area contributed by atoms with Crippen molar-refractivity contribution in [3.05, 3.63) is 12.2 Å². The average molecular weight is 663 g/mol. The van der Waals surface area contributed by atoms with Crippen LogP contribution in [0.1, 0.15) is 271 Å². The summed E-state index contributed by atoms with van der Waals surface area (Å²) in [4.78, 5) is 10.4. The molecule has 0 fully saturated rings. The van der Waals surface area contributed by atoms with Crippen LogP contribution in [0.25, 0.3) is 0 Å². The zero-order valence-electron chi connectivity index (χ0n) is 33.1. The Kier molecular flexibility index (Phi) is 48.7. The number of carboxylic acids is 1. The Morgan fingerprint density at radius 1 is 0.319 bits per heavy atom. The molecule has 0 saturated carbocycles. The maximum absolute atomic E-state index is 10.4. The quantitative estimate of drug-likeness (QED) is 0.0525. The van der Waals surface area contributed by atoms with Crippen LogP contribution in [-0.2, 0) is 4.79 Å². The molecule has 0 aromatic heterocycles. The van der Waals surface area contributed by atoms with Crippen LogP contribution in [0.3, 0.4) is 0 Å². The first kappa shape index (κ1) is 48.3. The third-order valence-electron chi connectivity index (χ3n) is 9.86. The molecule has 0 aliphatic heterocycles. The molecule has 0 unspecified atom stereocenters. The van der Waals surface area contributed by atoms with Crippen LogP contribution >= 0.6 is 0 Å². The molecule has 0 spiro atoms. The van der Waals surface area contributed by atoms with Crippen molar-refractivity contribution in [2.45, 2.75) is 271 Å². The molecule has 0 saturated heterocycles. The first-order valence-corrected chi connectivity index (χ1v) is 22.1. The number of hydrogen-bond acceptors (Lipinski definition) is 1. The summed E-state index contributed by atoms with van der Waals surface area (Å²) >= 11 is 0. The van der Waals surface area contributed by atoms with Crippen molar-refractivity contribution in [2.24, 2.45) is 0 Å². The van der Waals surface area contributed by atoms with Crippen LogP contribution < -0.4 is 0 Å². The molecule has 2 nitrogen and oxygen atoms in total. The van der Waals surface area contributed by atoms with Crippen LogP contribution in [-0.4, -0.2) is 11.1 Å². The highest BCUT2D eigenvalue weighted by Crippen LogP contribution is 2.15. The molecular weight excluding hydrogens is 572 g/mol. The Morgan fingerprint density at radius 3 is 0.723 bits per heavy atom. The second-order valence-electron chi connectivity index (χ2n) is 14.9. The lowest BCUT2D eigenvalue weighted by molar-refractivity contribution is -0.137. The summed E-state index contributed by atoms with van der Waals surface area (Å²) in [5.41, 5.74) is 0. The van der Waals surface area contributed by atoms with Gasteiger partial charge in [-0.1, -0.05) is 245 Å². The van der Waals surface area contributed by atoms with Crippen LogP contribution in [0.2, 0.25) is 0 Å². The molecule has 0 radical (unpaired) electrons. The summed E-state index contributed by atoms with van der Waals surface area (Å²) in [6.07, 6.45) is 58.0. The van der Waals surface area contributed by atoms with Gasteiger partial charge in [0.15, 0.2) is 0 Å². The van der Waals surface area contributed by atoms with E-state index in [1.807, 2.05) is 0 Å². The van der Waals surface area contributed by atoms with Gasteiger partial charge in [0, 0.05) is 6.42 Å². The monoisotopic (exact) mass is 663 g/mol. The Morgan fingerprint density at radius 2 is 0.511 bits per heavy atom. The van der Waals surface area contributed by atoms with E-state index >= 15 is 0 Å². The molecule has 47 heavy (non-hydrogen) atoms. The number of rotatable bonds is 39. The normalized spacial score (nSPS) is 11.3. The SMILES string of the molecule is CCCCCCCC/C=C\CCCCCCCCCCCCCC(=O)O.CCCCCCCCCCCCCCCCCCCCC. The highest BCUT2D eigenvalue weighted by Gasteiger charge is 1.98. The number of hydrogen-bond donors (Lipinski definition) is 1. The number of allylic oxidation sites excluding steroid dienone is 2. The Balaban J connectivity index is 0. The number of aliphatic carboxylic acids is 1. The fourth-order valence-electron chi connectivity index (χ4n) is 6.56. The zero-order valence-corrected chi connectivity index (χ0v) is 33.1. The molecule has 0 aromatic carbocycles. The van der Waals surface area contributed by atoms with Gasteiger partial charge in [0.25, 0.3) is 0 Å². The van der Waals surface area contributed by atoms with E-state index < -0.39 is 5.97 Å². The Hall–Kier alpha value is -0.790. The highest BCUT2D eigenvalue weighted by atomic mass is 16.4. The molecule has 0 heterocycles. The van der Waals surface area contributed by atoms with Gasteiger partial charge < -0.3 is 5.11 Å². The second kappa shape index (κ2) is 47.3. The second-order valence-corrected chi connectivity index (χ2v) is 14.9. The van der Waals surface area contributed by atoms with Gasteiger partial charge in [-0.25, -0.2) is 0 Å². The van der Waals surface area contributed by atoms with Gasteiger partial charge in [0.05, 0.1) is 0 Å². The van der Waals surface area contributed by atoms with E-state index in [1.54, 1.807) is 0 Å². The van der Waals surface area contributed by atoms with Crippen molar-refractivity contribution in [2.75, 3.05) is 0 Å². The largest absolute Gasteiger partial charge is 0.481 e. The number of unbranched alkanes of at least 4 members (excludes halogenated alkanes) is 35. The molecule has 282 valence electrons. The Labute approximate surface area is 298 Å². The lowest BCUT2D eigenvalue weighted by Crippen LogP contribution is -1.93. The molecule has 0 atom stereocenters. The van der Waals surface area contributed by atoms with E-state index in [2.05, 4.69) is 32.9 Å². The summed E-state index contributed by atoms with van der Waals surface area (Å²) in [5, 5.41) is 8.57. The van der Waals surface area contributed by atoms with Gasteiger partial charge in [-0.05, 0) is 32.1 Å². The summed E-state index contributed by atoms with van der Waals surface area (Å²) in [5.74, 6) is -0.654. The van der Waals surface area contributed by atoms with Crippen LogP contribution in [0, 0.1) is 0 Å². The summed E-state index contributed by atoms with van der Waals surface area (Å²) in [7, 11) is 0. The molecule has 1 N–H and O–H groups in total. The molecular formula is C45H90O2. The minimum Gasteiger partial charge on any atom is -0.481 e. The lowest BCUT2D eigenvalue weighted by atomic mass is 10.0. The fraction of sp³-hybridized carbons (Fsp3) is 0.933. The van der Waals surface area contributed by atoms with E-state index in [0.29, 0.717) is 6.42 Å². The third-order valence-corrected chi connectivity index (χ3v) is 9.86. The van der Waals surface area contributed by atoms with Gasteiger partial charge >= 0.3 is 5.97 Å². The van der Waals surface area contributed by atoms with Gasteiger partial charge in [-0.2, -0.15) is 0 Å². The first-order chi connectivity index (χ1) is 23.2. The summed E-state index contributed by atoms with van der Waals surface area (Å²) in [6.45, 7) is 6.87. The summed E-state index contributed by atoms with van der Waals surface area (Å²) in [6, 6.07) is 0. The minimum atomic E-state index is -0.654. The van der Waals surface area contributed by atoms with E-state index in [1.165, 1.54) is 231 Å². The standard InChI is InChI=1S/C24H46O2.C21H44/c1-2-3-4-5-6-7-8-9-10-11-12-13-14-15-16-17-18-19-20-21-22-23-24(25)26;1-3-5-7-9-11-13-15-17-19-21-20-18-16-14-12-10-8-6-4-2/h9-10H,2-8,11-23H2,1H3,(H,25,26);3-21H2,1-2H3/b10-9-;. The smallest absolute Gasteiger partial charge is 0.303 e. The molecule has 0 amide bonds. The van der Waals surface area contributed by atoms with Crippen molar-refractivity contribution in [1.29, 1.82) is 0 Å². The molecule has 2 heteroatoms. The van der Waals surface area contributed by atoms with E-state index in [4.69, 9.17) is 5.11 Å². The van der Waals surface area contributed by atoms with Crippen LogP contribution in [0.15, 0.2) is 12.2 Å². The third kappa shape index (κ3) is 52.2. The molecule has 0 aliphatic carbocycles. The Bertz CT molecular complexity index is 550. The molecule has 0 aromatic rings. The zero-order chi connectivity index (χ0) is 34.6. The van der Waals surface area contributed by atoms with Gasteiger partial charge in [0.1, 0.15) is 0 Å². The first-order valence-electron chi connectivity index (χ1n) is 22.1. The van der Waals surface area contributed by atoms with E-state index in [0.717, 1.165) is 12.8 Å². The fourth-order valence-corrected chi connectivity index (χ4v) is 6.56. The van der Waals surface area contributed by atoms with E-state index in [9.17, 15) is 4.79 Å². The van der Waals surface area contributed by atoms with Gasteiger partial charge in [-0.15, -0.1) is 0 Å². The van der Waals surface area contributed by atoms with Crippen molar-refractivity contribution >= 4 is 5.97 Å². The maximum Gasteiger partial charge on any atom is 0.303 e. The van der Waals surface area contributed by atoms with Gasteiger partial charge in [-0.3, -0.25) is 4.79 Å². The van der Waals surface area contributed by atoms with Crippen molar-refractivity contribution in [3.8, 4) is 0 Å². The predicted molar refractivity (Wildman–Crippen MR) is 214 cm³/mol. The topological polar surface area (TPSA) is 37.3 Å². The number of carbonyl (C=O) groups is 1. The molecule has 0 rings (SSSR count). The van der Waals surface area contributed by atoms with Crippen LogP contribution in [0.4, 0.5) is 0 Å².